The predicted octanol–water partition coefficient (Wildman–Crippen LogP) is 1.21. The Bertz CT molecular complexity index is 387. The van der Waals surface area contributed by atoms with Crippen LogP contribution in [0.15, 0.2) is 12.7 Å². The van der Waals surface area contributed by atoms with Gasteiger partial charge in [-0.15, -0.1) is 0 Å². The summed E-state index contributed by atoms with van der Waals surface area (Å²) in [5, 5.41) is 3.82. The highest BCUT2D eigenvalue weighted by Gasteiger charge is 2.26. The average Bonchev–Trinajstić information content (AvgIpc) is 2.70. The Hall–Kier alpha value is -0.560. The summed E-state index contributed by atoms with van der Waals surface area (Å²) in [6.07, 6.45) is 2.80. The minimum absolute atomic E-state index is 0.129. The highest BCUT2D eigenvalue weighted by Crippen LogP contribution is 2.48. The number of nitrogens with zero attached hydrogens (tertiary/aromatic N) is 3. The van der Waals surface area contributed by atoms with Crippen molar-refractivity contribution in [1.29, 1.82) is 0 Å². The van der Waals surface area contributed by atoms with Crippen molar-refractivity contribution >= 4 is 18.4 Å². The first-order valence-electron chi connectivity index (χ1n) is 5.15. The van der Waals surface area contributed by atoms with Crippen molar-refractivity contribution in [2.24, 2.45) is 0 Å². The van der Waals surface area contributed by atoms with Crippen LogP contribution in [0.25, 0.3) is 0 Å². The maximum atomic E-state index is 12.1. The molecule has 0 aliphatic carbocycles. The van der Waals surface area contributed by atoms with Gasteiger partial charge in [-0.1, -0.05) is 0 Å². The molecule has 1 heterocycles. The summed E-state index contributed by atoms with van der Waals surface area (Å²) in [4.78, 5) is 3.73. The SMILES string of the molecule is CCOP(=O)(CS(=O)Cn1cncn1)OCC. The van der Waals surface area contributed by atoms with Gasteiger partial charge in [-0.05, 0) is 13.8 Å². The molecular formula is C8H16N3O4PS. The summed E-state index contributed by atoms with van der Waals surface area (Å²) in [7, 11) is -4.63. The molecule has 0 bridgehead atoms. The summed E-state index contributed by atoms with van der Waals surface area (Å²) in [6.45, 7) is 3.95. The van der Waals surface area contributed by atoms with E-state index in [2.05, 4.69) is 10.1 Å². The lowest BCUT2D eigenvalue weighted by Crippen LogP contribution is -2.11. The van der Waals surface area contributed by atoms with E-state index in [1.807, 2.05) is 0 Å². The quantitative estimate of drug-likeness (QED) is 0.666. The van der Waals surface area contributed by atoms with Gasteiger partial charge in [0.2, 0.25) is 0 Å². The molecular weight excluding hydrogens is 265 g/mol. The Labute approximate surface area is 103 Å². The molecule has 7 nitrogen and oxygen atoms in total. The van der Waals surface area contributed by atoms with Crippen LogP contribution in [0.5, 0.6) is 0 Å². The Morgan fingerprint density at radius 3 is 2.47 bits per heavy atom. The van der Waals surface area contributed by atoms with Crippen LogP contribution in [0.1, 0.15) is 13.8 Å². The number of hydrogen-bond donors (Lipinski definition) is 0. The molecule has 17 heavy (non-hydrogen) atoms. The second-order valence-corrected chi connectivity index (χ2v) is 6.99. The fourth-order valence-corrected chi connectivity index (χ4v) is 4.79. The van der Waals surface area contributed by atoms with E-state index in [4.69, 9.17) is 9.05 Å². The van der Waals surface area contributed by atoms with Crippen LogP contribution < -0.4 is 0 Å². The molecule has 0 amide bonds. The van der Waals surface area contributed by atoms with Crippen LogP contribution in [0.4, 0.5) is 0 Å². The number of aromatic nitrogens is 3. The van der Waals surface area contributed by atoms with Crippen molar-refractivity contribution in [1.82, 2.24) is 14.8 Å². The van der Waals surface area contributed by atoms with Gasteiger partial charge in [0.25, 0.3) is 0 Å². The predicted molar refractivity (Wildman–Crippen MR) is 63.9 cm³/mol. The molecule has 0 fully saturated rings. The van der Waals surface area contributed by atoms with Crippen LogP contribution in [0.2, 0.25) is 0 Å². The molecule has 0 N–H and O–H groups in total. The smallest absolute Gasteiger partial charge is 0.308 e. The lowest BCUT2D eigenvalue weighted by molar-refractivity contribution is 0.224. The lowest BCUT2D eigenvalue weighted by Gasteiger charge is -2.16. The van der Waals surface area contributed by atoms with Gasteiger partial charge in [-0.25, -0.2) is 9.67 Å². The molecule has 1 aromatic heterocycles. The van der Waals surface area contributed by atoms with Crippen LogP contribution >= 0.6 is 7.60 Å². The molecule has 0 saturated carbocycles. The van der Waals surface area contributed by atoms with Gasteiger partial charge in [0.1, 0.15) is 24.0 Å². The summed E-state index contributed by atoms with van der Waals surface area (Å²) in [5.74, 6) is 0.129. The third-order valence-electron chi connectivity index (χ3n) is 1.70. The molecule has 1 aromatic rings. The molecule has 0 aromatic carbocycles. The van der Waals surface area contributed by atoms with E-state index in [0.29, 0.717) is 0 Å². The fraction of sp³-hybridized carbons (Fsp3) is 0.750. The summed E-state index contributed by atoms with van der Waals surface area (Å²) in [6, 6.07) is 0. The third kappa shape index (κ3) is 5.08. The topological polar surface area (TPSA) is 83.3 Å². The van der Waals surface area contributed by atoms with Crippen molar-refractivity contribution in [3.05, 3.63) is 12.7 Å². The Kier molecular flexibility index (Phi) is 5.97. The van der Waals surface area contributed by atoms with E-state index in [0.717, 1.165) is 0 Å². The van der Waals surface area contributed by atoms with Gasteiger partial charge in [-0.2, -0.15) is 5.10 Å². The minimum Gasteiger partial charge on any atom is -0.308 e. The second-order valence-electron chi connectivity index (χ2n) is 3.08. The molecule has 0 aliphatic rings. The zero-order chi connectivity index (χ0) is 12.7. The van der Waals surface area contributed by atoms with E-state index in [1.165, 1.54) is 17.3 Å². The van der Waals surface area contributed by atoms with Crippen molar-refractivity contribution in [2.75, 3.05) is 18.7 Å². The Balaban J connectivity index is 2.55. The number of hydrogen-bond acceptors (Lipinski definition) is 6. The normalized spacial score (nSPS) is 13.8. The summed E-state index contributed by atoms with van der Waals surface area (Å²) in [5.41, 5.74) is -0.130. The molecule has 1 rings (SSSR count). The summed E-state index contributed by atoms with van der Waals surface area (Å²) < 4.78 is 35.4. The second kappa shape index (κ2) is 7.00. The van der Waals surface area contributed by atoms with Crippen LogP contribution in [-0.2, 0) is 30.3 Å². The fourth-order valence-electron chi connectivity index (χ4n) is 1.17. The molecule has 0 aliphatic heterocycles. The Morgan fingerprint density at radius 1 is 1.35 bits per heavy atom. The largest absolute Gasteiger partial charge is 0.343 e. The van der Waals surface area contributed by atoms with Crippen LogP contribution in [0.3, 0.4) is 0 Å². The Morgan fingerprint density at radius 2 is 2.00 bits per heavy atom. The van der Waals surface area contributed by atoms with Gasteiger partial charge in [-0.3, -0.25) is 8.77 Å². The monoisotopic (exact) mass is 281 g/mol. The third-order valence-corrected chi connectivity index (χ3v) is 5.97. The molecule has 9 heteroatoms. The molecule has 1 unspecified atom stereocenters. The van der Waals surface area contributed by atoms with E-state index in [9.17, 15) is 8.77 Å². The van der Waals surface area contributed by atoms with Crippen molar-refractivity contribution < 1.29 is 17.8 Å². The highest BCUT2D eigenvalue weighted by molar-refractivity contribution is 7.91. The van der Waals surface area contributed by atoms with Gasteiger partial charge in [0.05, 0.1) is 24.0 Å². The lowest BCUT2D eigenvalue weighted by atomic mass is 10.9. The first-order valence-corrected chi connectivity index (χ1v) is 8.36. The van der Waals surface area contributed by atoms with Gasteiger partial charge in [0, 0.05) is 0 Å². The maximum Gasteiger partial charge on any atom is 0.343 e. The van der Waals surface area contributed by atoms with Gasteiger partial charge >= 0.3 is 7.60 Å². The molecule has 98 valence electrons. The van der Waals surface area contributed by atoms with Crippen molar-refractivity contribution in [2.45, 2.75) is 19.7 Å². The van der Waals surface area contributed by atoms with Crippen molar-refractivity contribution in [3.8, 4) is 0 Å². The first-order chi connectivity index (χ1) is 8.09. The molecule has 1 atom stereocenters. The molecule has 0 spiro atoms. The average molecular weight is 281 g/mol. The number of rotatable bonds is 8. The zero-order valence-electron chi connectivity index (χ0n) is 9.81. The van der Waals surface area contributed by atoms with Crippen LogP contribution in [0, 0.1) is 0 Å². The molecule has 0 saturated heterocycles. The van der Waals surface area contributed by atoms with E-state index < -0.39 is 18.4 Å². The van der Waals surface area contributed by atoms with Crippen LogP contribution in [-0.4, -0.2) is 37.7 Å². The maximum absolute atomic E-state index is 12.1. The standard InChI is InChI=1S/C8H16N3O4PS/c1-3-14-16(12,15-4-2)8-17(13)7-11-6-9-5-10-11/h5-6H,3-4,7-8H2,1-2H3. The molecule has 0 radical (unpaired) electrons. The zero-order valence-corrected chi connectivity index (χ0v) is 11.5. The van der Waals surface area contributed by atoms with Gasteiger partial charge in [0.15, 0.2) is 0 Å². The first kappa shape index (κ1) is 14.5. The van der Waals surface area contributed by atoms with E-state index in [-0.39, 0.29) is 24.6 Å². The van der Waals surface area contributed by atoms with E-state index >= 15 is 0 Å². The van der Waals surface area contributed by atoms with Crippen molar-refractivity contribution in [3.63, 3.8) is 0 Å². The van der Waals surface area contributed by atoms with Gasteiger partial charge < -0.3 is 9.05 Å². The summed E-state index contributed by atoms with van der Waals surface area (Å²) >= 11 is 0. The minimum atomic E-state index is -3.26. The van der Waals surface area contributed by atoms with E-state index in [1.54, 1.807) is 13.8 Å². The highest BCUT2D eigenvalue weighted by atomic mass is 32.2.